The number of aryl methyl sites for hydroxylation is 1. The van der Waals surface area contributed by atoms with Gasteiger partial charge < -0.3 is 15.2 Å². The van der Waals surface area contributed by atoms with Gasteiger partial charge in [0.05, 0.1) is 17.1 Å². The third kappa shape index (κ3) is 4.90. The van der Waals surface area contributed by atoms with Crippen LogP contribution < -0.4 is 10.6 Å². The summed E-state index contributed by atoms with van der Waals surface area (Å²) in [7, 11) is 0. The summed E-state index contributed by atoms with van der Waals surface area (Å²) >= 11 is 0. The molecule has 1 atom stereocenters. The Morgan fingerprint density at radius 1 is 1.08 bits per heavy atom. The number of nitrogens with zero attached hydrogens (tertiary/aromatic N) is 2. The number of halogens is 1. The Labute approximate surface area is 225 Å². The predicted molar refractivity (Wildman–Crippen MR) is 151 cm³/mol. The van der Waals surface area contributed by atoms with Gasteiger partial charge in [-0.25, -0.2) is 4.39 Å². The number of carbonyl (C=O) groups excluding carboxylic acids is 2. The number of aromatic amines is 1. The zero-order chi connectivity index (χ0) is 27.1. The highest BCUT2D eigenvalue weighted by atomic mass is 19.1. The lowest BCUT2D eigenvalue weighted by Gasteiger charge is -2.14. The summed E-state index contributed by atoms with van der Waals surface area (Å²) in [5.41, 5.74) is 5.03. The van der Waals surface area contributed by atoms with E-state index in [4.69, 9.17) is 0 Å². The smallest absolute Gasteiger partial charge is 0.253 e. The molecule has 0 radical (unpaired) electrons. The number of H-pyrrole nitrogens is 1. The van der Waals surface area contributed by atoms with E-state index in [0.717, 1.165) is 58.7 Å². The molecule has 0 saturated heterocycles. The van der Waals surface area contributed by atoms with E-state index in [1.54, 1.807) is 12.1 Å². The minimum Gasteiger partial charge on any atom is -0.347 e. The first-order valence-electron chi connectivity index (χ1n) is 13.4. The molecular formula is C31H30FN5O2. The number of amides is 2. The molecule has 1 saturated carbocycles. The molecular weight excluding hydrogens is 493 g/mol. The number of fused-ring (bicyclic) bond motifs is 2. The summed E-state index contributed by atoms with van der Waals surface area (Å²) in [5.74, 6) is 0.137. The molecule has 198 valence electrons. The van der Waals surface area contributed by atoms with Gasteiger partial charge in [0.1, 0.15) is 5.82 Å². The first-order chi connectivity index (χ1) is 18.9. The molecule has 8 heteroatoms. The van der Waals surface area contributed by atoms with Crippen molar-refractivity contribution in [3.8, 4) is 11.1 Å². The molecule has 7 nitrogen and oxygen atoms in total. The number of benzene rings is 3. The third-order valence-electron chi connectivity index (χ3n) is 7.37. The summed E-state index contributed by atoms with van der Waals surface area (Å²) < 4.78 is 15.8. The topological polar surface area (TPSA) is 91.8 Å². The minimum atomic E-state index is -0.349. The zero-order valence-corrected chi connectivity index (χ0v) is 21.9. The van der Waals surface area contributed by atoms with E-state index < -0.39 is 0 Å². The second kappa shape index (κ2) is 10.0. The fourth-order valence-corrected chi connectivity index (χ4v) is 5.08. The summed E-state index contributed by atoms with van der Waals surface area (Å²) in [4.78, 5) is 25.7. The monoisotopic (exact) mass is 523 g/mol. The normalized spacial score (nSPS) is 14.0. The molecule has 6 rings (SSSR count). The van der Waals surface area contributed by atoms with Gasteiger partial charge in [-0.05, 0) is 79.3 Å². The Morgan fingerprint density at radius 2 is 1.87 bits per heavy atom. The average molecular weight is 524 g/mol. The Balaban J connectivity index is 1.32. The highest BCUT2D eigenvalue weighted by Gasteiger charge is 2.30. The number of nitrogens with one attached hydrogen (secondary N) is 3. The average Bonchev–Trinajstić information content (AvgIpc) is 3.63. The van der Waals surface area contributed by atoms with Crippen molar-refractivity contribution in [2.24, 2.45) is 5.92 Å². The standard InChI is InChI=1S/C31H30FN5O2/c1-3-13-37-17-26(31(39)33-18(2)20-5-4-6-23(32)14-20)25-15-21(10-12-28(25)37)22-9-11-24-27(16-22)35-36-29(24)34-30(38)19-7-8-19/h4-6,9-12,14-19H,3,7-8,13H2,1-2H3,(H,33,39)(H2,34,35,36,38)/t18-/m0/s1. The van der Waals surface area contributed by atoms with Crippen LogP contribution in [0.2, 0.25) is 0 Å². The van der Waals surface area contributed by atoms with Crippen molar-refractivity contribution < 1.29 is 14.0 Å². The van der Waals surface area contributed by atoms with E-state index in [1.807, 2.05) is 43.5 Å². The molecule has 3 aromatic carbocycles. The highest BCUT2D eigenvalue weighted by molar-refractivity contribution is 6.08. The molecule has 2 heterocycles. The number of rotatable bonds is 8. The molecule has 1 aliphatic carbocycles. The molecule has 0 spiro atoms. The lowest BCUT2D eigenvalue weighted by molar-refractivity contribution is -0.117. The molecule has 0 bridgehead atoms. The largest absolute Gasteiger partial charge is 0.347 e. The van der Waals surface area contributed by atoms with Crippen LogP contribution in [0.5, 0.6) is 0 Å². The van der Waals surface area contributed by atoms with Gasteiger partial charge in [-0.1, -0.05) is 31.2 Å². The van der Waals surface area contributed by atoms with Crippen molar-refractivity contribution in [2.75, 3.05) is 5.32 Å². The van der Waals surface area contributed by atoms with Gasteiger partial charge in [0, 0.05) is 34.9 Å². The fourth-order valence-electron chi connectivity index (χ4n) is 5.08. The maximum atomic E-state index is 13.7. The van der Waals surface area contributed by atoms with Crippen molar-refractivity contribution in [2.45, 2.75) is 45.7 Å². The van der Waals surface area contributed by atoms with E-state index in [1.165, 1.54) is 12.1 Å². The van der Waals surface area contributed by atoms with Gasteiger partial charge in [-0.15, -0.1) is 0 Å². The lowest BCUT2D eigenvalue weighted by Crippen LogP contribution is -2.26. The van der Waals surface area contributed by atoms with Crippen molar-refractivity contribution in [1.29, 1.82) is 0 Å². The van der Waals surface area contributed by atoms with Crippen LogP contribution in [-0.2, 0) is 11.3 Å². The molecule has 1 fully saturated rings. The van der Waals surface area contributed by atoms with Gasteiger partial charge >= 0.3 is 0 Å². The van der Waals surface area contributed by atoms with Crippen LogP contribution in [0.4, 0.5) is 10.2 Å². The van der Waals surface area contributed by atoms with Crippen LogP contribution in [0.3, 0.4) is 0 Å². The van der Waals surface area contributed by atoms with Crippen LogP contribution in [0.1, 0.15) is 55.1 Å². The van der Waals surface area contributed by atoms with Gasteiger partial charge in [0.2, 0.25) is 5.91 Å². The quantitative estimate of drug-likeness (QED) is 0.215. The number of aromatic nitrogens is 3. The first-order valence-corrected chi connectivity index (χ1v) is 13.4. The summed E-state index contributed by atoms with van der Waals surface area (Å²) in [6.45, 7) is 4.75. The zero-order valence-electron chi connectivity index (χ0n) is 21.9. The lowest BCUT2D eigenvalue weighted by atomic mass is 10.0. The molecule has 39 heavy (non-hydrogen) atoms. The SMILES string of the molecule is CCCn1cc(C(=O)N[C@@H](C)c2cccc(F)c2)c2cc(-c3ccc4c(NC(=O)C5CC5)n[nH]c4c3)ccc21. The van der Waals surface area contributed by atoms with E-state index in [0.29, 0.717) is 16.9 Å². The van der Waals surface area contributed by atoms with Crippen molar-refractivity contribution in [3.05, 3.63) is 83.8 Å². The first kappa shape index (κ1) is 24.9. The third-order valence-corrected chi connectivity index (χ3v) is 7.37. The Bertz CT molecular complexity index is 1720. The highest BCUT2D eigenvalue weighted by Crippen LogP contribution is 2.33. The number of hydrogen-bond donors (Lipinski definition) is 3. The Hall–Kier alpha value is -4.46. The Morgan fingerprint density at radius 3 is 2.64 bits per heavy atom. The number of hydrogen-bond acceptors (Lipinski definition) is 3. The number of anilines is 1. The molecule has 0 aliphatic heterocycles. The van der Waals surface area contributed by atoms with Gasteiger partial charge in [-0.3, -0.25) is 14.7 Å². The molecule has 0 unspecified atom stereocenters. The Kier molecular flexibility index (Phi) is 6.38. The second-order valence-corrected chi connectivity index (χ2v) is 10.3. The maximum absolute atomic E-state index is 13.7. The molecule has 2 aromatic heterocycles. The molecule has 5 aromatic rings. The maximum Gasteiger partial charge on any atom is 0.253 e. The van der Waals surface area contributed by atoms with Crippen LogP contribution in [-0.4, -0.2) is 26.6 Å². The van der Waals surface area contributed by atoms with Crippen molar-refractivity contribution >= 4 is 39.4 Å². The minimum absolute atomic E-state index is 0.0204. The van der Waals surface area contributed by atoms with Gasteiger partial charge in [0.25, 0.3) is 5.91 Å². The van der Waals surface area contributed by atoms with Crippen LogP contribution >= 0.6 is 0 Å². The molecule has 3 N–H and O–H groups in total. The van der Waals surface area contributed by atoms with Crippen molar-refractivity contribution in [3.63, 3.8) is 0 Å². The van der Waals surface area contributed by atoms with Gasteiger partial charge in [-0.2, -0.15) is 5.10 Å². The summed E-state index contributed by atoms with van der Waals surface area (Å²) in [6, 6.07) is 18.0. The molecule has 1 aliphatic rings. The van der Waals surface area contributed by atoms with Crippen LogP contribution in [0, 0.1) is 11.7 Å². The fraction of sp³-hybridized carbons (Fsp3) is 0.258. The number of carbonyl (C=O) groups is 2. The van der Waals surface area contributed by atoms with E-state index >= 15 is 0 Å². The summed E-state index contributed by atoms with van der Waals surface area (Å²) in [6.07, 6.45) is 4.70. The molecule has 2 amide bonds. The van der Waals surface area contributed by atoms with Gasteiger partial charge in [0.15, 0.2) is 5.82 Å². The second-order valence-electron chi connectivity index (χ2n) is 10.3. The van der Waals surface area contributed by atoms with Crippen molar-refractivity contribution in [1.82, 2.24) is 20.1 Å². The van der Waals surface area contributed by atoms with E-state index in [9.17, 15) is 14.0 Å². The predicted octanol–water partition coefficient (Wildman–Crippen LogP) is 6.57. The van der Waals surface area contributed by atoms with Crippen LogP contribution in [0.15, 0.2) is 66.9 Å². The van der Waals surface area contributed by atoms with E-state index in [-0.39, 0.29) is 29.6 Å². The summed E-state index contributed by atoms with van der Waals surface area (Å²) in [5, 5.41) is 15.0. The van der Waals surface area contributed by atoms with E-state index in [2.05, 4.69) is 38.4 Å². The van der Waals surface area contributed by atoms with Crippen LogP contribution in [0.25, 0.3) is 32.9 Å².